The Morgan fingerprint density at radius 1 is 1.00 bits per heavy atom. The maximum absolute atomic E-state index is 13.1. The second-order valence-electron chi connectivity index (χ2n) is 7.36. The fourth-order valence-corrected chi connectivity index (χ4v) is 4.06. The first kappa shape index (κ1) is 21.6. The van der Waals surface area contributed by atoms with E-state index in [1.165, 1.54) is 11.8 Å². The number of carbonyl (C=O) groups excluding carboxylic acids is 1. The van der Waals surface area contributed by atoms with Crippen LogP contribution in [0.3, 0.4) is 0 Å². The van der Waals surface area contributed by atoms with Crippen LogP contribution in [0.5, 0.6) is 0 Å². The minimum atomic E-state index is 0.0109. The molecule has 30 heavy (non-hydrogen) atoms. The van der Waals surface area contributed by atoms with E-state index in [2.05, 4.69) is 24.9 Å². The van der Waals surface area contributed by atoms with Crippen molar-refractivity contribution in [3.63, 3.8) is 0 Å². The molecule has 0 saturated heterocycles. The average molecular weight is 416 g/mol. The van der Waals surface area contributed by atoms with Gasteiger partial charge >= 0.3 is 0 Å². The van der Waals surface area contributed by atoms with E-state index < -0.39 is 0 Å². The number of benzene rings is 2. The van der Waals surface area contributed by atoms with Gasteiger partial charge in [-0.25, -0.2) is 4.98 Å². The van der Waals surface area contributed by atoms with Gasteiger partial charge in [-0.3, -0.25) is 9.69 Å². The number of nitriles is 1. The summed E-state index contributed by atoms with van der Waals surface area (Å²) in [7, 11) is 0. The summed E-state index contributed by atoms with van der Waals surface area (Å²) in [6.07, 6.45) is 1.21. The Morgan fingerprint density at radius 3 is 2.13 bits per heavy atom. The highest BCUT2D eigenvalue weighted by atomic mass is 32.2. The van der Waals surface area contributed by atoms with Crippen molar-refractivity contribution in [1.29, 1.82) is 5.26 Å². The third-order valence-electron chi connectivity index (χ3n) is 4.49. The maximum atomic E-state index is 13.1. The van der Waals surface area contributed by atoms with E-state index in [0.717, 1.165) is 23.5 Å². The molecule has 4 nitrogen and oxygen atoms in total. The number of carbonyl (C=O) groups is 1. The number of para-hydroxylation sites is 2. The van der Waals surface area contributed by atoms with Gasteiger partial charge in [-0.05, 0) is 48.7 Å². The number of hydrogen-bond donors (Lipinski definition) is 0. The molecule has 3 aromatic rings. The first-order valence-corrected chi connectivity index (χ1v) is 11.0. The van der Waals surface area contributed by atoms with Gasteiger partial charge in [-0.15, -0.1) is 11.8 Å². The van der Waals surface area contributed by atoms with Gasteiger partial charge in [-0.1, -0.05) is 50.2 Å². The molecule has 0 bridgehead atoms. The Hall–Kier alpha value is -3.10. The molecule has 0 radical (unpaired) electrons. The van der Waals surface area contributed by atoms with Crippen LogP contribution in [0.15, 0.2) is 77.8 Å². The van der Waals surface area contributed by atoms with Gasteiger partial charge in [0.1, 0.15) is 11.1 Å². The van der Waals surface area contributed by atoms with Crippen LogP contribution < -0.4 is 4.90 Å². The summed E-state index contributed by atoms with van der Waals surface area (Å²) in [4.78, 5) is 19.5. The average Bonchev–Trinajstić information content (AvgIpc) is 2.75. The molecule has 2 aromatic carbocycles. The summed E-state index contributed by atoms with van der Waals surface area (Å²) in [6.45, 7) is 4.29. The van der Waals surface area contributed by atoms with Crippen LogP contribution in [0.1, 0.15) is 31.5 Å². The normalized spacial score (nSPS) is 10.6. The second kappa shape index (κ2) is 10.6. The highest BCUT2D eigenvalue weighted by Gasteiger charge is 2.18. The van der Waals surface area contributed by atoms with Gasteiger partial charge < -0.3 is 0 Å². The largest absolute Gasteiger partial charge is 0.281 e. The summed E-state index contributed by atoms with van der Waals surface area (Å²) in [5.74, 6) is 1.06. The number of rotatable bonds is 8. The highest BCUT2D eigenvalue weighted by molar-refractivity contribution is 7.99. The second-order valence-corrected chi connectivity index (χ2v) is 8.45. The predicted octanol–water partition coefficient (Wildman–Crippen LogP) is 6.00. The van der Waals surface area contributed by atoms with Gasteiger partial charge in [0.15, 0.2) is 0 Å². The molecule has 3 rings (SSSR count). The van der Waals surface area contributed by atoms with Crippen LogP contribution in [0.25, 0.3) is 0 Å². The quantitative estimate of drug-likeness (QED) is 0.424. The van der Waals surface area contributed by atoms with E-state index in [1.54, 1.807) is 4.90 Å². The molecule has 5 heteroatoms. The lowest BCUT2D eigenvalue weighted by Gasteiger charge is -2.23. The Morgan fingerprint density at radius 2 is 1.60 bits per heavy atom. The van der Waals surface area contributed by atoms with Gasteiger partial charge in [0.25, 0.3) is 0 Å². The summed E-state index contributed by atoms with van der Waals surface area (Å²) in [5, 5.41) is 10.1. The van der Waals surface area contributed by atoms with Crippen LogP contribution in [0.2, 0.25) is 0 Å². The standard InChI is InChI=1S/C25H25N3OS/c1-19(2)17-21-14-13-20(18-26)25(27-21)30-16-15-24(29)28(22-9-5-3-6-10-22)23-11-7-4-8-12-23/h3-14,19H,15-17H2,1-2H3. The van der Waals surface area contributed by atoms with E-state index in [9.17, 15) is 10.1 Å². The van der Waals surface area contributed by atoms with E-state index in [-0.39, 0.29) is 5.91 Å². The molecule has 1 heterocycles. The molecule has 0 atom stereocenters. The molecule has 0 spiro atoms. The number of hydrogen-bond acceptors (Lipinski definition) is 4. The van der Waals surface area contributed by atoms with E-state index in [0.29, 0.717) is 28.7 Å². The number of nitrogens with zero attached hydrogens (tertiary/aromatic N) is 3. The van der Waals surface area contributed by atoms with Crippen molar-refractivity contribution in [2.75, 3.05) is 10.7 Å². The lowest BCUT2D eigenvalue weighted by atomic mass is 10.1. The third kappa shape index (κ3) is 5.71. The van der Waals surface area contributed by atoms with E-state index in [1.807, 2.05) is 72.8 Å². The Kier molecular flexibility index (Phi) is 7.64. The van der Waals surface area contributed by atoms with Crippen molar-refractivity contribution in [1.82, 2.24) is 4.98 Å². The van der Waals surface area contributed by atoms with Crippen molar-refractivity contribution < 1.29 is 4.79 Å². The zero-order valence-electron chi connectivity index (χ0n) is 17.3. The van der Waals surface area contributed by atoms with Crippen molar-refractivity contribution in [2.24, 2.45) is 5.92 Å². The topological polar surface area (TPSA) is 57.0 Å². The molecule has 0 aliphatic carbocycles. The monoisotopic (exact) mass is 415 g/mol. The Bertz CT molecular complexity index is 974. The fourth-order valence-electron chi connectivity index (χ4n) is 3.14. The highest BCUT2D eigenvalue weighted by Crippen LogP contribution is 2.28. The van der Waals surface area contributed by atoms with Crippen molar-refractivity contribution in [2.45, 2.75) is 31.7 Å². The summed E-state index contributed by atoms with van der Waals surface area (Å²) >= 11 is 1.47. The van der Waals surface area contributed by atoms with Crippen molar-refractivity contribution in [3.05, 3.63) is 84.1 Å². The summed E-state index contributed by atoms with van der Waals surface area (Å²) in [6, 6.07) is 25.3. The number of aromatic nitrogens is 1. The van der Waals surface area contributed by atoms with Crippen molar-refractivity contribution >= 4 is 29.0 Å². The number of thioether (sulfide) groups is 1. The molecule has 0 unspecified atom stereocenters. The first-order valence-electron chi connectivity index (χ1n) is 10.0. The third-order valence-corrected chi connectivity index (χ3v) is 5.48. The van der Waals surface area contributed by atoms with E-state index in [4.69, 9.17) is 0 Å². The van der Waals surface area contributed by atoms with Gasteiger partial charge in [0.05, 0.1) is 5.56 Å². The molecule has 0 aliphatic heterocycles. The molecule has 0 N–H and O–H groups in total. The summed E-state index contributed by atoms with van der Waals surface area (Å²) < 4.78 is 0. The van der Waals surface area contributed by atoms with Crippen LogP contribution in [0, 0.1) is 17.2 Å². The smallest absolute Gasteiger partial charge is 0.232 e. The lowest BCUT2D eigenvalue weighted by Crippen LogP contribution is -2.26. The molecule has 1 aromatic heterocycles. The number of anilines is 2. The number of amides is 1. The zero-order valence-corrected chi connectivity index (χ0v) is 18.1. The van der Waals surface area contributed by atoms with Crippen molar-refractivity contribution in [3.8, 4) is 6.07 Å². The predicted molar refractivity (Wildman–Crippen MR) is 123 cm³/mol. The molecule has 0 aliphatic rings. The van der Waals surface area contributed by atoms with Gasteiger partial charge in [0.2, 0.25) is 5.91 Å². The minimum absolute atomic E-state index is 0.0109. The first-order chi connectivity index (χ1) is 14.6. The van der Waals surface area contributed by atoms with Gasteiger partial charge in [0, 0.05) is 29.2 Å². The Labute approximate surface area is 182 Å². The maximum Gasteiger partial charge on any atom is 0.232 e. The summed E-state index contributed by atoms with van der Waals surface area (Å²) in [5.41, 5.74) is 3.22. The molecule has 0 saturated carbocycles. The van der Waals surface area contributed by atoms with Crippen LogP contribution in [-0.4, -0.2) is 16.6 Å². The molecule has 0 fully saturated rings. The zero-order chi connectivity index (χ0) is 21.3. The SMILES string of the molecule is CC(C)Cc1ccc(C#N)c(SCCC(=O)N(c2ccccc2)c2ccccc2)n1. The lowest BCUT2D eigenvalue weighted by molar-refractivity contribution is -0.117. The van der Waals surface area contributed by atoms with E-state index >= 15 is 0 Å². The minimum Gasteiger partial charge on any atom is -0.281 e. The van der Waals surface area contributed by atoms with Gasteiger partial charge in [-0.2, -0.15) is 5.26 Å². The number of pyridine rings is 1. The fraction of sp³-hybridized carbons (Fsp3) is 0.240. The molecule has 1 amide bonds. The molecular formula is C25H25N3OS. The van der Waals surface area contributed by atoms with Crippen LogP contribution in [-0.2, 0) is 11.2 Å². The Balaban J connectivity index is 1.73. The molecule has 152 valence electrons. The van der Waals surface area contributed by atoms with Crippen LogP contribution >= 0.6 is 11.8 Å². The molecular weight excluding hydrogens is 390 g/mol. The van der Waals surface area contributed by atoms with Crippen LogP contribution in [0.4, 0.5) is 11.4 Å².